The van der Waals surface area contributed by atoms with Gasteiger partial charge in [-0.25, -0.2) is 4.98 Å². The number of hydrogen-bond donors (Lipinski definition) is 3. The predicted molar refractivity (Wildman–Crippen MR) is 125 cm³/mol. The molecule has 0 saturated heterocycles. The van der Waals surface area contributed by atoms with Crippen molar-refractivity contribution in [1.82, 2.24) is 25.5 Å². The number of H-pyrrole nitrogens is 1. The molecule has 1 aromatic carbocycles. The maximum Gasteiger partial charge on any atom is 0.280 e. The Labute approximate surface area is 192 Å². The van der Waals surface area contributed by atoms with Crippen LogP contribution in [0.15, 0.2) is 28.7 Å². The van der Waals surface area contributed by atoms with Crippen molar-refractivity contribution in [3.8, 4) is 0 Å². The Kier molecular flexibility index (Phi) is 5.58. The number of aromatic nitrogens is 2. The largest absolute Gasteiger partial charge is 0.351 e. The van der Waals surface area contributed by atoms with E-state index in [2.05, 4.69) is 48.5 Å². The zero-order chi connectivity index (χ0) is 21.5. The van der Waals surface area contributed by atoms with Gasteiger partial charge in [0.05, 0.1) is 5.69 Å². The summed E-state index contributed by atoms with van der Waals surface area (Å²) in [5, 5.41) is 7.74. The van der Waals surface area contributed by atoms with Crippen LogP contribution in [-0.4, -0.2) is 52.4 Å². The molecule has 3 aromatic rings. The Morgan fingerprint density at radius 2 is 1.97 bits per heavy atom. The maximum atomic E-state index is 12.9. The van der Waals surface area contributed by atoms with Crippen LogP contribution >= 0.6 is 27.3 Å². The van der Waals surface area contributed by atoms with E-state index in [1.165, 1.54) is 16.2 Å². The summed E-state index contributed by atoms with van der Waals surface area (Å²) in [6, 6.07) is 7.55. The lowest BCUT2D eigenvalue weighted by Gasteiger charge is -2.21. The first kappa shape index (κ1) is 20.7. The number of halogens is 1. The third kappa shape index (κ3) is 4.26. The number of carbonyl (C=O) groups excluding carboxylic acids is 2. The van der Waals surface area contributed by atoms with Crippen molar-refractivity contribution >= 4 is 50.0 Å². The fourth-order valence-corrected chi connectivity index (χ4v) is 5.90. The first-order chi connectivity index (χ1) is 15.0. The Balaban J connectivity index is 1.25. The van der Waals surface area contributed by atoms with Crippen LogP contribution in [0.3, 0.4) is 0 Å². The number of fused-ring (bicyclic) bond motifs is 2. The van der Waals surface area contributed by atoms with Gasteiger partial charge in [-0.1, -0.05) is 15.9 Å². The molecule has 0 spiro atoms. The van der Waals surface area contributed by atoms with E-state index in [1.54, 1.807) is 0 Å². The Morgan fingerprint density at radius 3 is 2.77 bits per heavy atom. The summed E-state index contributed by atoms with van der Waals surface area (Å²) >= 11 is 4.94. The molecule has 2 amide bonds. The highest BCUT2D eigenvalue weighted by Gasteiger charge is 2.32. The molecule has 1 saturated carbocycles. The second-order valence-corrected chi connectivity index (χ2v) is 10.4. The first-order valence-electron chi connectivity index (χ1n) is 10.5. The normalized spacial score (nSPS) is 21.2. The molecule has 3 heterocycles. The smallest absolute Gasteiger partial charge is 0.280 e. The second kappa shape index (κ2) is 8.37. The molecule has 9 heteroatoms. The van der Waals surface area contributed by atoms with E-state index in [0.29, 0.717) is 10.7 Å². The number of nitrogens with zero attached hydrogens (tertiary/aromatic N) is 2. The van der Waals surface area contributed by atoms with Gasteiger partial charge in [0.2, 0.25) is 0 Å². The molecule has 2 aromatic heterocycles. The average molecular weight is 502 g/mol. The maximum absolute atomic E-state index is 12.9. The summed E-state index contributed by atoms with van der Waals surface area (Å²) in [5.74, 6) is -0.283. The van der Waals surface area contributed by atoms with Gasteiger partial charge in [0.15, 0.2) is 5.01 Å². The van der Waals surface area contributed by atoms with Crippen LogP contribution in [0, 0.1) is 0 Å². The van der Waals surface area contributed by atoms with Crippen LogP contribution in [0.25, 0.3) is 10.9 Å². The predicted octanol–water partition coefficient (Wildman–Crippen LogP) is 3.46. The number of rotatable bonds is 4. The molecule has 0 bridgehead atoms. The zero-order valence-electron chi connectivity index (χ0n) is 17.2. The monoisotopic (exact) mass is 501 g/mol. The minimum atomic E-state index is -0.147. The summed E-state index contributed by atoms with van der Waals surface area (Å²) in [6.07, 6.45) is 3.55. The van der Waals surface area contributed by atoms with Gasteiger partial charge < -0.3 is 20.5 Å². The molecule has 1 aliphatic heterocycles. The number of likely N-dealkylation sites (N-methyl/N-ethyl adjacent to an activating group) is 1. The van der Waals surface area contributed by atoms with Crippen LogP contribution in [-0.2, 0) is 13.0 Å². The van der Waals surface area contributed by atoms with E-state index >= 15 is 0 Å². The van der Waals surface area contributed by atoms with Crippen molar-refractivity contribution < 1.29 is 9.59 Å². The number of benzene rings is 1. The van der Waals surface area contributed by atoms with Gasteiger partial charge in [0, 0.05) is 51.8 Å². The van der Waals surface area contributed by atoms with Crippen LogP contribution in [0.2, 0.25) is 0 Å². The minimum absolute atomic E-state index is 0.0847. The quantitative estimate of drug-likeness (QED) is 0.510. The lowest BCUT2D eigenvalue weighted by atomic mass is 10.1. The minimum Gasteiger partial charge on any atom is -0.351 e. The van der Waals surface area contributed by atoms with Crippen LogP contribution < -0.4 is 10.6 Å². The summed E-state index contributed by atoms with van der Waals surface area (Å²) in [5.41, 5.74) is 2.50. The molecule has 31 heavy (non-hydrogen) atoms. The number of amides is 2. The SMILES string of the molecule is CN1CCc2nc(C(=O)N[C@H]3CCC[C@@H]3NC(=O)c3cc4cc(Br)ccc4[nH]3)sc2C1. The molecule has 0 unspecified atom stereocenters. The number of thiazole rings is 1. The Hall–Kier alpha value is -2.23. The topological polar surface area (TPSA) is 90.1 Å². The molecule has 2 aliphatic rings. The zero-order valence-corrected chi connectivity index (χ0v) is 19.6. The van der Waals surface area contributed by atoms with Crippen LogP contribution in [0.1, 0.15) is 50.1 Å². The fourth-order valence-electron chi connectivity index (χ4n) is 4.43. The van der Waals surface area contributed by atoms with Crippen molar-refractivity contribution in [3.63, 3.8) is 0 Å². The molecule has 5 rings (SSSR count). The average Bonchev–Trinajstić information content (AvgIpc) is 3.45. The highest BCUT2D eigenvalue weighted by atomic mass is 79.9. The van der Waals surface area contributed by atoms with E-state index < -0.39 is 0 Å². The summed E-state index contributed by atoms with van der Waals surface area (Å²) in [4.78, 5) is 36.9. The third-order valence-electron chi connectivity index (χ3n) is 6.09. The van der Waals surface area contributed by atoms with Gasteiger partial charge in [0.25, 0.3) is 11.8 Å². The fraction of sp³-hybridized carbons (Fsp3) is 0.409. The highest BCUT2D eigenvalue weighted by molar-refractivity contribution is 9.10. The molecule has 3 N–H and O–H groups in total. The van der Waals surface area contributed by atoms with Gasteiger partial charge in [-0.3, -0.25) is 9.59 Å². The molecule has 1 aliphatic carbocycles. The van der Waals surface area contributed by atoms with Crippen molar-refractivity contribution in [1.29, 1.82) is 0 Å². The van der Waals surface area contributed by atoms with Gasteiger partial charge in [-0.15, -0.1) is 11.3 Å². The number of aromatic amines is 1. The molecular weight excluding hydrogens is 478 g/mol. The van der Waals surface area contributed by atoms with E-state index in [1.807, 2.05) is 24.3 Å². The third-order valence-corrected chi connectivity index (χ3v) is 7.67. The van der Waals surface area contributed by atoms with Crippen LogP contribution in [0.4, 0.5) is 0 Å². The van der Waals surface area contributed by atoms with E-state index in [0.717, 1.165) is 59.8 Å². The molecule has 0 radical (unpaired) electrons. The van der Waals surface area contributed by atoms with Crippen molar-refractivity contribution in [3.05, 3.63) is 50.0 Å². The number of hydrogen-bond acceptors (Lipinski definition) is 5. The molecule has 1 fully saturated rings. The van der Waals surface area contributed by atoms with E-state index in [4.69, 9.17) is 0 Å². The van der Waals surface area contributed by atoms with Gasteiger partial charge in [0.1, 0.15) is 5.69 Å². The lowest BCUT2D eigenvalue weighted by Crippen LogP contribution is -2.48. The molecule has 2 atom stereocenters. The molecular formula is C22H24BrN5O2S. The van der Waals surface area contributed by atoms with Gasteiger partial charge in [-0.2, -0.15) is 0 Å². The molecule has 162 valence electrons. The van der Waals surface area contributed by atoms with E-state index in [9.17, 15) is 9.59 Å². The Bertz CT molecular complexity index is 1160. The highest BCUT2D eigenvalue weighted by Crippen LogP contribution is 2.26. The number of carbonyl (C=O) groups is 2. The summed E-state index contributed by atoms with van der Waals surface area (Å²) in [7, 11) is 2.08. The number of nitrogens with one attached hydrogen (secondary N) is 3. The summed E-state index contributed by atoms with van der Waals surface area (Å²) in [6.45, 7) is 1.82. The molecule has 7 nitrogen and oxygen atoms in total. The van der Waals surface area contributed by atoms with E-state index in [-0.39, 0.29) is 23.9 Å². The first-order valence-corrected chi connectivity index (χ1v) is 12.1. The van der Waals surface area contributed by atoms with Gasteiger partial charge >= 0.3 is 0 Å². The lowest BCUT2D eigenvalue weighted by molar-refractivity contribution is 0.0889. The van der Waals surface area contributed by atoms with Crippen LogP contribution in [0.5, 0.6) is 0 Å². The summed E-state index contributed by atoms with van der Waals surface area (Å²) < 4.78 is 0.972. The van der Waals surface area contributed by atoms with Crippen molar-refractivity contribution in [2.24, 2.45) is 0 Å². The standard InChI is InChI=1S/C22H24BrN5O2S/c1-28-8-7-17-19(11-28)31-22(27-17)21(30)26-16-4-2-3-15(16)25-20(29)18-10-12-9-13(23)5-6-14(12)24-18/h5-6,9-10,15-16,24H,2-4,7-8,11H2,1H3,(H,25,29)(H,26,30)/t15-,16-/m0/s1. The van der Waals surface area contributed by atoms with Gasteiger partial charge in [-0.05, 0) is 50.6 Å². The van der Waals surface area contributed by atoms with Crippen molar-refractivity contribution in [2.45, 2.75) is 44.3 Å². The second-order valence-electron chi connectivity index (χ2n) is 8.38. The van der Waals surface area contributed by atoms with Crippen molar-refractivity contribution in [2.75, 3.05) is 13.6 Å². The Morgan fingerprint density at radius 1 is 1.19 bits per heavy atom.